The van der Waals surface area contributed by atoms with Crippen LogP contribution in [0.1, 0.15) is 30.3 Å². The number of aryl methyl sites for hydroxylation is 1. The maximum Gasteiger partial charge on any atom is 0.154 e. The number of rotatable bonds is 2. The summed E-state index contributed by atoms with van der Waals surface area (Å²) < 4.78 is 5.36. The normalized spacial score (nSPS) is 24.4. The maximum atomic E-state index is 5.79. The number of nitrogens with one attached hydrogen (secondary N) is 1. The molecule has 0 bridgehead atoms. The van der Waals surface area contributed by atoms with Gasteiger partial charge in [0.15, 0.2) is 5.76 Å². The second-order valence-electron chi connectivity index (χ2n) is 4.50. The van der Waals surface area contributed by atoms with Crippen LogP contribution >= 0.6 is 0 Å². The molecule has 0 amide bonds. The Labute approximate surface area is 93.9 Å². The molecular weight excluding hydrogens is 202 g/mol. The Morgan fingerprint density at radius 3 is 2.94 bits per heavy atom. The van der Waals surface area contributed by atoms with E-state index in [0.29, 0.717) is 12.0 Å². The van der Waals surface area contributed by atoms with Gasteiger partial charge in [0.1, 0.15) is 11.5 Å². The summed E-state index contributed by atoms with van der Waals surface area (Å²) in [5, 5.41) is 0. The van der Waals surface area contributed by atoms with Crippen molar-refractivity contribution in [2.45, 2.75) is 31.7 Å². The zero-order valence-electron chi connectivity index (χ0n) is 9.23. The third-order valence-corrected chi connectivity index (χ3v) is 3.22. The van der Waals surface area contributed by atoms with Gasteiger partial charge in [0.05, 0.1) is 6.26 Å². The number of hydrogen-bond donors (Lipinski definition) is 2. The molecule has 1 fully saturated rings. The minimum atomic E-state index is 0.350. The van der Waals surface area contributed by atoms with Gasteiger partial charge >= 0.3 is 0 Å². The van der Waals surface area contributed by atoms with Gasteiger partial charge in [0.2, 0.25) is 0 Å². The van der Waals surface area contributed by atoms with Gasteiger partial charge in [-0.05, 0) is 31.9 Å². The first kappa shape index (κ1) is 9.66. The van der Waals surface area contributed by atoms with Gasteiger partial charge in [0, 0.05) is 17.7 Å². The summed E-state index contributed by atoms with van der Waals surface area (Å²) in [7, 11) is 0. The lowest BCUT2D eigenvalue weighted by molar-refractivity contribution is 0.340. The molecule has 1 aliphatic rings. The number of H-pyrrole nitrogens is 1. The van der Waals surface area contributed by atoms with Crippen LogP contribution < -0.4 is 5.73 Å². The molecule has 1 aliphatic carbocycles. The van der Waals surface area contributed by atoms with Crippen LogP contribution in [0.3, 0.4) is 0 Å². The lowest BCUT2D eigenvalue weighted by Crippen LogP contribution is -2.35. The number of furan rings is 1. The van der Waals surface area contributed by atoms with Crippen molar-refractivity contribution in [2.75, 3.05) is 0 Å². The van der Waals surface area contributed by atoms with E-state index in [0.717, 1.165) is 35.8 Å². The Balaban J connectivity index is 1.91. The van der Waals surface area contributed by atoms with Crippen LogP contribution in [0, 0.1) is 6.92 Å². The van der Waals surface area contributed by atoms with Crippen LogP contribution in [-0.2, 0) is 0 Å². The fraction of sp³-hybridized carbons (Fsp3) is 0.417. The van der Waals surface area contributed by atoms with E-state index in [4.69, 9.17) is 10.2 Å². The molecule has 3 N–H and O–H groups in total. The molecule has 0 aromatic carbocycles. The first-order valence-corrected chi connectivity index (χ1v) is 5.60. The molecule has 3 rings (SSSR count). The summed E-state index contributed by atoms with van der Waals surface area (Å²) in [6.07, 6.45) is 3.73. The smallest absolute Gasteiger partial charge is 0.154 e. The van der Waals surface area contributed by atoms with Crippen molar-refractivity contribution >= 4 is 0 Å². The molecule has 2 heterocycles. The summed E-state index contributed by atoms with van der Waals surface area (Å²) in [4.78, 5) is 7.93. The van der Waals surface area contributed by atoms with Crippen molar-refractivity contribution < 1.29 is 4.42 Å². The van der Waals surface area contributed by atoms with Crippen LogP contribution in [-0.4, -0.2) is 16.0 Å². The summed E-state index contributed by atoms with van der Waals surface area (Å²) >= 11 is 0. The largest absolute Gasteiger partial charge is 0.463 e. The average molecular weight is 217 g/mol. The Hall–Kier alpha value is -1.55. The lowest BCUT2D eigenvalue weighted by atomic mass is 9.80. The van der Waals surface area contributed by atoms with Crippen molar-refractivity contribution in [1.82, 2.24) is 9.97 Å². The third kappa shape index (κ3) is 1.46. The van der Waals surface area contributed by atoms with Crippen molar-refractivity contribution in [2.24, 2.45) is 5.73 Å². The zero-order valence-corrected chi connectivity index (χ0v) is 9.23. The number of aromatic nitrogens is 2. The van der Waals surface area contributed by atoms with E-state index in [1.54, 1.807) is 6.26 Å². The minimum absolute atomic E-state index is 0.350. The van der Waals surface area contributed by atoms with E-state index in [-0.39, 0.29) is 0 Å². The lowest BCUT2D eigenvalue weighted by Gasteiger charge is -2.30. The van der Waals surface area contributed by atoms with Crippen LogP contribution in [0.5, 0.6) is 0 Å². The van der Waals surface area contributed by atoms with Crippen LogP contribution in [0.4, 0.5) is 0 Å². The van der Waals surface area contributed by atoms with Crippen molar-refractivity contribution in [3.8, 4) is 11.5 Å². The molecule has 0 saturated heterocycles. The van der Waals surface area contributed by atoms with Gasteiger partial charge in [-0.2, -0.15) is 0 Å². The molecule has 2 aromatic heterocycles. The van der Waals surface area contributed by atoms with Crippen LogP contribution in [0.15, 0.2) is 22.8 Å². The van der Waals surface area contributed by atoms with E-state index >= 15 is 0 Å². The highest BCUT2D eigenvalue weighted by Gasteiger charge is 2.30. The Morgan fingerprint density at radius 1 is 1.50 bits per heavy atom. The van der Waals surface area contributed by atoms with E-state index in [1.165, 1.54) is 0 Å². The number of nitrogens with two attached hydrogens (primary N) is 1. The molecule has 4 heteroatoms. The van der Waals surface area contributed by atoms with Crippen molar-refractivity contribution in [3.05, 3.63) is 29.9 Å². The summed E-state index contributed by atoms with van der Waals surface area (Å²) in [6.45, 7) is 2.02. The second kappa shape index (κ2) is 3.49. The minimum Gasteiger partial charge on any atom is -0.463 e. The van der Waals surface area contributed by atoms with E-state index < -0.39 is 0 Å². The maximum absolute atomic E-state index is 5.79. The predicted molar refractivity (Wildman–Crippen MR) is 61.0 cm³/mol. The monoisotopic (exact) mass is 217 g/mol. The van der Waals surface area contributed by atoms with Crippen molar-refractivity contribution in [3.63, 3.8) is 0 Å². The molecule has 0 atom stereocenters. The quantitative estimate of drug-likeness (QED) is 0.810. The van der Waals surface area contributed by atoms with Gasteiger partial charge in [-0.25, -0.2) is 4.98 Å². The third-order valence-electron chi connectivity index (χ3n) is 3.22. The molecule has 16 heavy (non-hydrogen) atoms. The number of imidazole rings is 1. The van der Waals surface area contributed by atoms with Crippen molar-refractivity contribution in [1.29, 1.82) is 0 Å². The zero-order chi connectivity index (χ0) is 11.1. The highest BCUT2D eigenvalue weighted by atomic mass is 16.3. The van der Waals surface area contributed by atoms with E-state index in [2.05, 4.69) is 9.97 Å². The standard InChI is InChI=1S/C12H15N3O/c1-7-11(10-3-2-4-16-10)15-12(14-7)8-5-9(13)6-8/h2-4,8-9H,5-6,13H2,1H3,(H,14,15). The molecule has 2 aromatic rings. The topological polar surface area (TPSA) is 67.8 Å². The second-order valence-corrected chi connectivity index (χ2v) is 4.50. The number of nitrogens with zero attached hydrogens (tertiary/aromatic N) is 1. The molecular formula is C12H15N3O. The highest BCUT2D eigenvalue weighted by Crippen LogP contribution is 2.35. The van der Waals surface area contributed by atoms with Crippen LogP contribution in [0.25, 0.3) is 11.5 Å². The molecule has 1 saturated carbocycles. The van der Waals surface area contributed by atoms with Crippen LogP contribution in [0.2, 0.25) is 0 Å². The molecule has 0 unspecified atom stereocenters. The average Bonchev–Trinajstić information content (AvgIpc) is 2.81. The molecule has 0 aliphatic heterocycles. The van der Waals surface area contributed by atoms with Gasteiger partial charge in [-0.1, -0.05) is 0 Å². The Morgan fingerprint density at radius 2 is 2.31 bits per heavy atom. The summed E-state index contributed by atoms with van der Waals surface area (Å²) in [6, 6.07) is 4.16. The van der Waals surface area contributed by atoms with Gasteiger partial charge < -0.3 is 15.1 Å². The first-order chi connectivity index (χ1) is 7.74. The Kier molecular flexibility index (Phi) is 2.11. The molecule has 0 radical (unpaired) electrons. The Bertz CT molecular complexity index is 480. The highest BCUT2D eigenvalue weighted by molar-refractivity contribution is 5.55. The fourth-order valence-electron chi connectivity index (χ4n) is 2.22. The van der Waals surface area contributed by atoms with Gasteiger partial charge in [0.25, 0.3) is 0 Å². The fourth-order valence-corrected chi connectivity index (χ4v) is 2.22. The number of hydrogen-bond acceptors (Lipinski definition) is 3. The first-order valence-electron chi connectivity index (χ1n) is 5.60. The van der Waals surface area contributed by atoms with Gasteiger partial charge in [-0.3, -0.25) is 0 Å². The van der Waals surface area contributed by atoms with Gasteiger partial charge in [-0.15, -0.1) is 0 Å². The summed E-state index contributed by atoms with van der Waals surface area (Å²) in [5.74, 6) is 2.37. The number of aromatic amines is 1. The van der Waals surface area contributed by atoms with E-state index in [1.807, 2.05) is 19.1 Å². The predicted octanol–water partition coefficient (Wildman–Crippen LogP) is 2.18. The van der Waals surface area contributed by atoms with E-state index in [9.17, 15) is 0 Å². The summed E-state index contributed by atoms with van der Waals surface area (Å²) in [5.41, 5.74) is 7.76. The molecule has 0 spiro atoms. The molecule has 84 valence electrons. The molecule has 4 nitrogen and oxygen atoms in total. The SMILES string of the molecule is Cc1[nH]c(C2CC(N)C2)nc1-c1ccco1.